The van der Waals surface area contributed by atoms with Gasteiger partial charge in [0.15, 0.2) is 5.13 Å². The number of aromatic nitrogens is 1. The highest BCUT2D eigenvalue weighted by Gasteiger charge is 2.14. The third kappa shape index (κ3) is 4.28. The van der Waals surface area contributed by atoms with Crippen molar-refractivity contribution in [3.05, 3.63) is 11.1 Å². The molecule has 1 aliphatic rings. The highest BCUT2D eigenvalue weighted by molar-refractivity contribution is 7.15. The maximum Gasteiger partial charge on any atom is 0.182 e. The van der Waals surface area contributed by atoms with E-state index < -0.39 is 0 Å². The van der Waals surface area contributed by atoms with Gasteiger partial charge in [0.2, 0.25) is 0 Å². The van der Waals surface area contributed by atoms with Crippen molar-refractivity contribution >= 4 is 16.5 Å². The number of anilines is 1. The van der Waals surface area contributed by atoms with Crippen LogP contribution in [0.25, 0.3) is 0 Å². The van der Waals surface area contributed by atoms with E-state index in [2.05, 4.69) is 17.2 Å². The first kappa shape index (κ1) is 12.8. The van der Waals surface area contributed by atoms with Gasteiger partial charge in [-0.05, 0) is 25.2 Å². The quantitative estimate of drug-likeness (QED) is 0.806. The fourth-order valence-corrected chi connectivity index (χ4v) is 2.97. The van der Waals surface area contributed by atoms with Crippen LogP contribution in [0.15, 0.2) is 6.20 Å². The molecule has 4 heteroatoms. The van der Waals surface area contributed by atoms with E-state index in [0.717, 1.165) is 37.2 Å². The smallest absolute Gasteiger partial charge is 0.182 e. The van der Waals surface area contributed by atoms with Crippen LogP contribution in [0.5, 0.6) is 0 Å². The van der Waals surface area contributed by atoms with Crippen molar-refractivity contribution in [3.8, 4) is 0 Å². The van der Waals surface area contributed by atoms with Gasteiger partial charge in [0.05, 0.1) is 11.5 Å². The van der Waals surface area contributed by atoms with E-state index in [1.54, 1.807) is 11.3 Å². The minimum atomic E-state index is 0.724. The van der Waals surface area contributed by atoms with Gasteiger partial charge < -0.3 is 10.1 Å². The van der Waals surface area contributed by atoms with Gasteiger partial charge in [-0.15, -0.1) is 0 Å². The predicted molar refractivity (Wildman–Crippen MR) is 72.5 cm³/mol. The lowest BCUT2D eigenvalue weighted by molar-refractivity contribution is 0.0905. The van der Waals surface area contributed by atoms with Crippen LogP contribution in [0.3, 0.4) is 0 Å². The number of nitrogens with one attached hydrogen (secondary N) is 1. The average molecular weight is 254 g/mol. The van der Waals surface area contributed by atoms with Crippen LogP contribution < -0.4 is 5.32 Å². The Kier molecular flexibility index (Phi) is 5.26. The summed E-state index contributed by atoms with van der Waals surface area (Å²) in [5.41, 5.74) is 0. The summed E-state index contributed by atoms with van der Waals surface area (Å²) in [6.45, 7) is 4.81. The Morgan fingerprint density at radius 3 is 3.06 bits per heavy atom. The van der Waals surface area contributed by atoms with Crippen LogP contribution in [0.4, 0.5) is 5.13 Å². The Bertz CT molecular complexity index is 321. The first-order valence-electron chi connectivity index (χ1n) is 6.65. The Morgan fingerprint density at radius 2 is 2.29 bits per heavy atom. The zero-order valence-electron chi connectivity index (χ0n) is 10.6. The first-order valence-corrected chi connectivity index (χ1v) is 7.46. The molecule has 1 aromatic rings. The second-order valence-corrected chi connectivity index (χ2v) is 5.84. The Hall–Kier alpha value is -0.610. The first-order chi connectivity index (χ1) is 8.38. The molecule has 0 amide bonds. The zero-order chi connectivity index (χ0) is 11.9. The average Bonchev–Trinajstić information content (AvgIpc) is 2.98. The Balaban J connectivity index is 1.65. The second kappa shape index (κ2) is 6.97. The molecule has 1 aliphatic carbocycles. The fourth-order valence-electron chi connectivity index (χ4n) is 2.19. The van der Waals surface area contributed by atoms with Crippen LogP contribution in [0.1, 0.15) is 43.9 Å². The molecular weight excluding hydrogens is 232 g/mol. The number of thiazole rings is 1. The molecule has 1 aromatic heterocycles. The van der Waals surface area contributed by atoms with E-state index in [1.807, 2.05) is 6.20 Å². The molecule has 1 saturated carbocycles. The largest absolute Gasteiger partial charge is 0.376 e. The van der Waals surface area contributed by atoms with E-state index in [1.165, 1.54) is 30.6 Å². The fraction of sp³-hybridized carbons (Fsp3) is 0.769. The van der Waals surface area contributed by atoms with Crippen molar-refractivity contribution in [1.82, 2.24) is 4.98 Å². The van der Waals surface area contributed by atoms with Gasteiger partial charge in [0.1, 0.15) is 0 Å². The molecule has 1 fully saturated rings. The number of rotatable bonds is 7. The predicted octanol–water partition coefficient (Wildman–Crippen LogP) is 3.67. The summed E-state index contributed by atoms with van der Waals surface area (Å²) < 4.78 is 5.76. The molecule has 1 heterocycles. The minimum absolute atomic E-state index is 0.724. The molecule has 0 atom stereocenters. The lowest BCUT2D eigenvalue weighted by Crippen LogP contribution is -2.04. The van der Waals surface area contributed by atoms with Gasteiger partial charge in [0.25, 0.3) is 0 Å². The molecule has 0 saturated heterocycles. The van der Waals surface area contributed by atoms with Crippen LogP contribution in [0, 0.1) is 5.92 Å². The van der Waals surface area contributed by atoms with Crippen LogP contribution in [0.2, 0.25) is 0 Å². The Morgan fingerprint density at radius 1 is 1.47 bits per heavy atom. The third-order valence-electron chi connectivity index (χ3n) is 3.15. The standard InChI is InChI=1S/C13H22N2OS/c1-2-7-14-13-15-8-12(17-13)10-16-9-11-5-3-4-6-11/h8,11H,2-7,9-10H2,1H3,(H,14,15). The van der Waals surface area contributed by atoms with Gasteiger partial charge in [0, 0.05) is 19.3 Å². The summed E-state index contributed by atoms with van der Waals surface area (Å²) in [5.74, 6) is 0.806. The molecule has 0 aliphatic heterocycles. The molecule has 0 bridgehead atoms. The van der Waals surface area contributed by atoms with Gasteiger partial charge >= 0.3 is 0 Å². The van der Waals surface area contributed by atoms with E-state index in [-0.39, 0.29) is 0 Å². The SMILES string of the molecule is CCCNc1ncc(COCC2CCCC2)s1. The Labute approximate surface area is 108 Å². The number of nitrogens with zero attached hydrogens (tertiary/aromatic N) is 1. The summed E-state index contributed by atoms with van der Waals surface area (Å²) in [6.07, 6.45) is 8.54. The van der Waals surface area contributed by atoms with Gasteiger partial charge in [-0.25, -0.2) is 4.98 Å². The van der Waals surface area contributed by atoms with E-state index in [4.69, 9.17) is 4.74 Å². The molecule has 96 valence electrons. The molecule has 1 N–H and O–H groups in total. The third-order valence-corrected chi connectivity index (χ3v) is 4.08. The zero-order valence-corrected chi connectivity index (χ0v) is 11.4. The summed E-state index contributed by atoms with van der Waals surface area (Å²) in [5, 5.41) is 4.32. The van der Waals surface area contributed by atoms with Crippen molar-refractivity contribution in [3.63, 3.8) is 0 Å². The summed E-state index contributed by atoms with van der Waals surface area (Å²) in [7, 11) is 0. The van der Waals surface area contributed by atoms with E-state index in [0.29, 0.717) is 0 Å². The normalized spacial score (nSPS) is 16.5. The second-order valence-electron chi connectivity index (χ2n) is 4.72. The summed E-state index contributed by atoms with van der Waals surface area (Å²) in [4.78, 5) is 5.56. The van der Waals surface area contributed by atoms with Crippen molar-refractivity contribution in [1.29, 1.82) is 0 Å². The molecule has 0 aromatic carbocycles. The van der Waals surface area contributed by atoms with Gasteiger partial charge in [-0.3, -0.25) is 0 Å². The van der Waals surface area contributed by atoms with Crippen molar-refractivity contribution in [2.45, 2.75) is 45.6 Å². The molecule has 2 rings (SSSR count). The van der Waals surface area contributed by atoms with E-state index >= 15 is 0 Å². The van der Waals surface area contributed by atoms with Crippen LogP contribution in [-0.4, -0.2) is 18.1 Å². The number of hydrogen-bond acceptors (Lipinski definition) is 4. The lowest BCUT2D eigenvalue weighted by atomic mass is 10.1. The molecule has 0 spiro atoms. The minimum Gasteiger partial charge on any atom is -0.376 e. The highest BCUT2D eigenvalue weighted by atomic mass is 32.1. The summed E-state index contributed by atoms with van der Waals surface area (Å²) >= 11 is 1.71. The summed E-state index contributed by atoms with van der Waals surface area (Å²) in [6, 6.07) is 0. The molecular formula is C13H22N2OS. The number of ether oxygens (including phenoxy) is 1. The van der Waals surface area contributed by atoms with Crippen molar-refractivity contribution in [2.75, 3.05) is 18.5 Å². The molecule has 3 nitrogen and oxygen atoms in total. The molecule has 0 radical (unpaired) electrons. The molecule has 17 heavy (non-hydrogen) atoms. The monoisotopic (exact) mass is 254 g/mol. The maximum atomic E-state index is 5.76. The van der Waals surface area contributed by atoms with E-state index in [9.17, 15) is 0 Å². The van der Waals surface area contributed by atoms with Gasteiger partial charge in [-0.2, -0.15) is 0 Å². The molecule has 0 unspecified atom stereocenters. The highest BCUT2D eigenvalue weighted by Crippen LogP contribution is 2.25. The van der Waals surface area contributed by atoms with Crippen molar-refractivity contribution < 1.29 is 4.74 Å². The lowest BCUT2D eigenvalue weighted by Gasteiger charge is -2.08. The van der Waals surface area contributed by atoms with Crippen molar-refractivity contribution in [2.24, 2.45) is 5.92 Å². The number of hydrogen-bond donors (Lipinski definition) is 1. The maximum absolute atomic E-state index is 5.76. The van der Waals surface area contributed by atoms with Crippen LogP contribution in [-0.2, 0) is 11.3 Å². The topological polar surface area (TPSA) is 34.2 Å². The van der Waals surface area contributed by atoms with Crippen LogP contribution >= 0.6 is 11.3 Å². The van der Waals surface area contributed by atoms with Gasteiger partial charge in [-0.1, -0.05) is 31.1 Å².